The van der Waals surface area contributed by atoms with Crippen LogP contribution < -0.4 is 4.74 Å². The molecule has 1 fully saturated rings. The molecule has 1 aliphatic rings. The number of ether oxygens (including phenoxy) is 1. The van der Waals surface area contributed by atoms with E-state index in [1.165, 1.54) is 18.4 Å². The molecule has 1 heterocycles. The lowest BCUT2D eigenvalue weighted by Gasteiger charge is -2.36. The van der Waals surface area contributed by atoms with Gasteiger partial charge in [0.25, 0.3) is 0 Å². The van der Waals surface area contributed by atoms with E-state index in [1.54, 1.807) is 11.8 Å². The minimum atomic E-state index is 0.0872. The smallest absolute Gasteiger partial charge is 0.235 e. The second kappa shape index (κ2) is 10.7. The van der Waals surface area contributed by atoms with Crippen LogP contribution in [0.1, 0.15) is 39.2 Å². The van der Waals surface area contributed by atoms with Crippen molar-refractivity contribution in [1.82, 2.24) is 9.80 Å². The highest BCUT2D eigenvalue weighted by Crippen LogP contribution is 2.18. The van der Waals surface area contributed by atoms with Crippen LogP contribution in [-0.2, 0) is 11.3 Å². The van der Waals surface area contributed by atoms with Crippen molar-refractivity contribution in [2.75, 3.05) is 38.5 Å². The fraction of sp³-hybridized carbons (Fsp3) is 0.650. The Labute approximate surface area is 156 Å². The molecule has 0 saturated carbocycles. The highest BCUT2D eigenvalue weighted by Gasteiger charge is 2.24. The quantitative estimate of drug-likeness (QED) is 0.626. The van der Waals surface area contributed by atoms with Gasteiger partial charge < -0.3 is 9.64 Å². The molecule has 4 nitrogen and oxygen atoms in total. The summed E-state index contributed by atoms with van der Waals surface area (Å²) in [5.74, 6) is 2.32. The third-order valence-electron chi connectivity index (χ3n) is 4.54. The zero-order chi connectivity index (χ0) is 18.1. The minimum Gasteiger partial charge on any atom is -0.494 e. The van der Waals surface area contributed by atoms with Gasteiger partial charge in [0.1, 0.15) is 5.75 Å². The van der Waals surface area contributed by atoms with Gasteiger partial charge >= 0.3 is 0 Å². The van der Waals surface area contributed by atoms with E-state index in [2.05, 4.69) is 30.9 Å². The lowest BCUT2D eigenvalue weighted by molar-refractivity contribution is -0.132. The molecule has 1 unspecified atom stereocenters. The summed E-state index contributed by atoms with van der Waals surface area (Å²) in [7, 11) is 0. The van der Waals surface area contributed by atoms with Crippen LogP contribution in [0, 0.1) is 0 Å². The van der Waals surface area contributed by atoms with Crippen LogP contribution in [-0.4, -0.2) is 59.5 Å². The first-order chi connectivity index (χ1) is 12.1. The van der Waals surface area contributed by atoms with Crippen LogP contribution in [0.15, 0.2) is 24.3 Å². The Morgan fingerprint density at radius 3 is 2.44 bits per heavy atom. The second-order valence-electron chi connectivity index (χ2n) is 6.54. The predicted octanol–water partition coefficient (Wildman–Crippen LogP) is 3.65. The normalized spacial score (nSPS) is 16.7. The van der Waals surface area contributed by atoms with Gasteiger partial charge in [0.05, 0.1) is 11.9 Å². The van der Waals surface area contributed by atoms with E-state index in [1.807, 2.05) is 24.0 Å². The molecule has 25 heavy (non-hydrogen) atoms. The van der Waals surface area contributed by atoms with Gasteiger partial charge in [-0.3, -0.25) is 9.69 Å². The molecule has 0 spiro atoms. The molecule has 0 N–H and O–H groups in total. The molecule has 1 aromatic rings. The van der Waals surface area contributed by atoms with E-state index in [9.17, 15) is 4.79 Å². The maximum atomic E-state index is 12.5. The van der Waals surface area contributed by atoms with Crippen molar-refractivity contribution in [1.29, 1.82) is 0 Å². The Balaban J connectivity index is 1.74. The molecule has 2 rings (SSSR count). The van der Waals surface area contributed by atoms with E-state index in [4.69, 9.17) is 4.74 Å². The molecule has 1 aliphatic heterocycles. The highest BCUT2D eigenvalue weighted by molar-refractivity contribution is 8.00. The van der Waals surface area contributed by atoms with E-state index in [-0.39, 0.29) is 5.25 Å². The van der Waals surface area contributed by atoms with Gasteiger partial charge in [-0.05, 0) is 43.7 Å². The minimum absolute atomic E-state index is 0.0872. The van der Waals surface area contributed by atoms with Crippen molar-refractivity contribution in [3.63, 3.8) is 0 Å². The molecule has 0 aromatic heterocycles. The van der Waals surface area contributed by atoms with Gasteiger partial charge in [-0.1, -0.05) is 25.5 Å². The Morgan fingerprint density at radius 2 is 1.84 bits per heavy atom. The molecule has 0 radical (unpaired) electrons. The summed E-state index contributed by atoms with van der Waals surface area (Å²) in [4.78, 5) is 17.0. The van der Waals surface area contributed by atoms with Crippen molar-refractivity contribution < 1.29 is 9.53 Å². The van der Waals surface area contributed by atoms with Crippen molar-refractivity contribution in [2.45, 2.75) is 45.4 Å². The largest absolute Gasteiger partial charge is 0.494 e. The fourth-order valence-electron chi connectivity index (χ4n) is 2.98. The molecule has 0 aliphatic carbocycles. The summed E-state index contributed by atoms with van der Waals surface area (Å²) in [6, 6.07) is 8.34. The molecule has 140 valence electrons. The summed E-state index contributed by atoms with van der Waals surface area (Å²) < 4.78 is 5.49. The monoisotopic (exact) mass is 364 g/mol. The van der Waals surface area contributed by atoms with Gasteiger partial charge in [-0.2, -0.15) is 0 Å². The Morgan fingerprint density at radius 1 is 1.16 bits per heavy atom. The Hall–Kier alpha value is -1.20. The van der Waals surface area contributed by atoms with Gasteiger partial charge in [0.15, 0.2) is 0 Å². The maximum absolute atomic E-state index is 12.5. The topological polar surface area (TPSA) is 32.8 Å². The molecule has 0 bridgehead atoms. The number of piperazine rings is 1. The summed E-state index contributed by atoms with van der Waals surface area (Å²) in [6.45, 7) is 11.5. The lowest BCUT2D eigenvalue weighted by atomic mass is 10.2. The van der Waals surface area contributed by atoms with Crippen molar-refractivity contribution in [2.24, 2.45) is 0 Å². The first-order valence-corrected chi connectivity index (χ1v) is 10.5. The molecule has 1 atom stereocenters. The van der Waals surface area contributed by atoms with Crippen molar-refractivity contribution in [3.05, 3.63) is 29.8 Å². The molecule has 1 saturated heterocycles. The van der Waals surface area contributed by atoms with Crippen LogP contribution in [0.3, 0.4) is 0 Å². The molecule has 1 amide bonds. The summed E-state index contributed by atoms with van der Waals surface area (Å²) in [6.07, 6.45) is 2.39. The van der Waals surface area contributed by atoms with Crippen LogP contribution in [0.2, 0.25) is 0 Å². The standard InChI is InChI=1S/C20H32N2O2S/c1-4-6-15-25-17(3)20(23)22-13-11-21(12-14-22)16-18-7-9-19(10-8-18)24-5-2/h7-10,17H,4-6,11-16H2,1-3H3. The predicted molar refractivity (Wildman–Crippen MR) is 106 cm³/mol. The first kappa shape index (κ1) is 20.1. The maximum Gasteiger partial charge on any atom is 0.235 e. The average molecular weight is 365 g/mol. The second-order valence-corrected chi connectivity index (χ2v) is 7.99. The number of rotatable bonds is 9. The van der Waals surface area contributed by atoms with Crippen molar-refractivity contribution >= 4 is 17.7 Å². The zero-order valence-electron chi connectivity index (χ0n) is 15.9. The van der Waals surface area contributed by atoms with E-state index >= 15 is 0 Å². The number of hydrogen-bond acceptors (Lipinski definition) is 4. The van der Waals surface area contributed by atoms with E-state index in [0.717, 1.165) is 44.2 Å². The van der Waals surface area contributed by atoms with Crippen LogP contribution >= 0.6 is 11.8 Å². The third-order valence-corrected chi connectivity index (χ3v) is 5.76. The summed E-state index contributed by atoms with van der Waals surface area (Å²) in [5.41, 5.74) is 1.30. The van der Waals surface area contributed by atoms with Gasteiger partial charge in [-0.15, -0.1) is 11.8 Å². The fourth-order valence-corrected chi connectivity index (χ4v) is 4.08. The molecular formula is C20H32N2O2S. The molecule has 5 heteroatoms. The highest BCUT2D eigenvalue weighted by atomic mass is 32.2. The number of amides is 1. The van der Waals surface area contributed by atoms with Crippen LogP contribution in [0.5, 0.6) is 5.75 Å². The number of carbonyl (C=O) groups excluding carboxylic acids is 1. The number of nitrogens with zero attached hydrogens (tertiary/aromatic N) is 2. The van der Waals surface area contributed by atoms with Crippen LogP contribution in [0.25, 0.3) is 0 Å². The Bertz CT molecular complexity index is 513. The van der Waals surface area contributed by atoms with Crippen LogP contribution in [0.4, 0.5) is 0 Å². The summed E-state index contributed by atoms with van der Waals surface area (Å²) in [5, 5.41) is 0.0872. The molecule has 1 aromatic carbocycles. The number of carbonyl (C=O) groups is 1. The average Bonchev–Trinajstić information content (AvgIpc) is 2.64. The zero-order valence-corrected chi connectivity index (χ0v) is 16.7. The van der Waals surface area contributed by atoms with Gasteiger partial charge in [0, 0.05) is 32.7 Å². The van der Waals surface area contributed by atoms with E-state index < -0.39 is 0 Å². The molecular weight excluding hydrogens is 332 g/mol. The van der Waals surface area contributed by atoms with E-state index in [0.29, 0.717) is 12.5 Å². The number of hydrogen-bond donors (Lipinski definition) is 0. The van der Waals surface area contributed by atoms with Gasteiger partial charge in [0.2, 0.25) is 5.91 Å². The lowest BCUT2D eigenvalue weighted by Crippen LogP contribution is -2.50. The van der Waals surface area contributed by atoms with Crippen molar-refractivity contribution in [3.8, 4) is 5.75 Å². The number of unbranched alkanes of at least 4 members (excludes halogenated alkanes) is 1. The Kier molecular flexibility index (Phi) is 8.62. The number of thioether (sulfide) groups is 1. The first-order valence-electron chi connectivity index (χ1n) is 9.48. The number of benzene rings is 1. The third kappa shape index (κ3) is 6.55. The van der Waals surface area contributed by atoms with Gasteiger partial charge in [-0.25, -0.2) is 0 Å². The SMILES string of the molecule is CCCCSC(C)C(=O)N1CCN(Cc2ccc(OCC)cc2)CC1. The summed E-state index contributed by atoms with van der Waals surface area (Å²) >= 11 is 1.79.